The lowest BCUT2D eigenvalue weighted by Crippen LogP contribution is -2.44. The Labute approximate surface area is 228 Å². The van der Waals surface area contributed by atoms with E-state index < -0.39 is 12.0 Å². The standard InChI is InChI=1S/C29H35N3O5S/c1-6-13-37-28(35)25-20(5)30-29-32(26(25)23-11-10-18(3)14-19(23)4)22(17-38-29)15-24(33)31-12-8-9-21(16-31)27(34)36-7-2/h6,10-11,14,17,21,26H,1,7-9,12-13,15-16H2,2-5H3/t21-,26-/m0/s1. The topological polar surface area (TPSA) is 88.5 Å². The number of esters is 2. The van der Waals surface area contributed by atoms with Crippen molar-refractivity contribution < 1.29 is 23.9 Å². The first-order chi connectivity index (χ1) is 18.2. The van der Waals surface area contributed by atoms with Crippen LogP contribution in [-0.4, -0.2) is 59.1 Å². The van der Waals surface area contributed by atoms with Gasteiger partial charge in [-0.1, -0.05) is 48.2 Å². The highest BCUT2D eigenvalue weighted by Crippen LogP contribution is 2.45. The number of carbonyl (C=O) groups is 3. The number of hydrogen-bond acceptors (Lipinski definition) is 8. The van der Waals surface area contributed by atoms with Crippen LogP contribution < -0.4 is 0 Å². The molecule has 0 saturated carbocycles. The van der Waals surface area contributed by atoms with Gasteiger partial charge in [0.05, 0.1) is 36.3 Å². The van der Waals surface area contributed by atoms with Gasteiger partial charge in [-0.2, -0.15) is 0 Å². The summed E-state index contributed by atoms with van der Waals surface area (Å²) in [5.74, 6) is -1.06. The van der Waals surface area contributed by atoms with Crippen LogP contribution in [0, 0.1) is 19.8 Å². The number of aryl methyl sites for hydroxylation is 2. The van der Waals surface area contributed by atoms with Gasteiger partial charge in [-0.3, -0.25) is 9.59 Å². The summed E-state index contributed by atoms with van der Waals surface area (Å²) in [5, 5.41) is 2.66. The van der Waals surface area contributed by atoms with Crippen LogP contribution in [0.5, 0.6) is 0 Å². The number of carbonyl (C=O) groups excluding carboxylic acids is 3. The number of piperidine rings is 1. The van der Waals surface area contributed by atoms with Crippen LogP contribution in [-0.2, 0) is 23.9 Å². The van der Waals surface area contributed by atoms with Gasteiger partial charge < -0.3 is 19.3 Å². The molecule has 38 heavy (non-hydrogen) atoms. The zero-order valence-electron chi connectivity index (χ0n) is 22.5. The van der Waals surface area contributed by atoms with Crippen molar-refractivity contribution in [1.29, 1.82) is 0 Å². The van der Waals surface area contributed by atoms with Crippen LogP contribution in [0.3, 0.4) is 0 Å². The van der Waals surface area contributed by atoms with E-state index in [0.29, 0.717) is 31.0 Å². The summed E-state index contributed by atoms with van der Waals surface area (Å²) < 4.78 is 10.7. The van der Waals surface area contributed by atoms with Crippen LogP contribution in [0.15, 0.2) is 58.2 Å². The Morgan fingerprint density at radius 3 is 2.71 bits per heavy atom. The minimum Gasteiger partial charge on any atom is -0.466 e. The van der Waals surface area contributed by atoms with Crippen molar-refractivity contribution >= 4 is 34.8 Å². The molecule has 0 spiro atoms. The van der Waals surface area contributed by atoms with Crippen LogP contribution in [0.1, 0.15) is 55.8 Å². The minimum atomic E-state index is -0.483. The predicted octanol–water partition coefficient (Wildman–Crippen LogP) is 4.80. The Hall–Kier alpha value is -3.33. The Morgan fingerprint density at radius 2 is 2.00 bits per heavy atom. The van der Waals surface area contributed by atoms with E-state index in [1.165, 1.54) is 17.8 Å². The maximum absolute atomic E-state index is 13.5. The summed E-state index contributed by atoms with van der Waals surface area (Å²) in [6, 6.07) is 5.66. The number of rotatable bonds is 8. The number of aliphatic imine (C=N–C) groups is 1. The van der Waals surface area contributed by atoms with Crippen molar-refractivity contribution in [2.24, 2.45) is 10.9 Å². The average molecular weight is 538 g/mol. The molecule has 0 bridgehead atoms. The lowest BCUT2D eigenvalue weighted by molar-refractivity contribution is -0.151. The molecule has 8 nitrogen and oxygen atoms in total. The number of hydrogen-bond donors (Lipinski definition) is 0. The summed E-state index contributed by atoms with van der Waals surface area (Å²) in [4.78, 5) is 47.5. The number of thioether (sulfide) groups is 1. The molecule has 0 N–H and O–H groups in total. The van der Waals surface area contributed by atoms with Crippen LogP contribution >= 0.6 is 11.8 Å². The fourth-order valence-corrected chi connectivity index (χ4v) is 6.16. The second kappa shape index (κ2) is 12.0. The largest absolute Gasteiger partial charge is 0.466 e. The first-order valence-electron chi connectivity index (χ1n) is 13.0. The summed E-state index contributed by atoms with van der Waals surface area (Å²) in [6.07, 6.45) is 3.15. The number of ether oxygens (including phenoxy) is 2. The van der Waals surface area contributed by atoms with E-state index in [1.807, 2.05) is 43.2 Å². The monoisotopic (exact) mass is 537 g/mol. The lowest BCUT2D eigenvalue weighted by Gasteiger charge is -2.38. The number of nitrogens with zero attached hydrogens (tertiary/aromatic N) is 3. The molecule has 0 radical (unpaired) electrons. The Kier molecular flexibility index (Phi) is 8.76. The van der Waals surface area contributed by atoms with E-state index in [4.69, 9.17) is 14.5 Å². The normalized spacial score (nSPS) is 20.9. The molecule has 3 aliphatic rings. The van der Waals surface area contributed by atoms with E-state index in [-0.39, 0.29) is 30.8 Å². The van der Waals surface area contributed by atoms with Gasteiger partial charge in [0.1, 0.15) is 6.61 Å². The molecule has 3 heterocycles. The lowest BCUT2D eigenvalue weighted by atomic mass is 9.90. The van der Waals surface area contributed by atoms with Gasteiger partial charge >= 0.3 is 11.9 Å². The van der Waals surface area contributed by atoms with Gasteiger partial charge in [-0.25, -0.2) is 9.79 Å². The number of fused-ring (bicyclic) bond motifs is 1. The summed E-state index contributed by atoms with van der Waals surface area (Å²) in [5.41, 5.74) is 4.92. The van der Waals surface area contributed by atoms with E-state index in [0.717, 1.165) is 40.4 Å². The molecule has 1 fully saturated rings. The molecule has 1 saturated heterocycles. The fourth-order valence-electron chi connectivity index (χ4n) is 5.19. The first-order valence-corrected chi connectivity index (χ1v) is 13.9. The Morgan fingerprint density at radius 1 is 1.21 bits per heavy atom. The minimum absolute atomic E-state index is 0.0615. The summed E-state index contributed by atoms with van der Waals surface area (Å²) in [7, 11) is 0. The van der Waals surface area contributed by atoms with Crippen LogP contribution in [0.4, 0.5) is 0 Å². The number of allylic oxidation sites excluding steroid dienone is 1. The third-order valence-electron chi connectivity index (χ3n) is 7.00. The molecule has 3 aliphatic heterocycles. The fraction of sp³-hybridized carbons (Fsp3) is 0.448. The maximum atomic E-state index is 13.5. The number of amides is 1. The molecule has 4 rings (SSSR count). The van der Waals surface area contributed by atoms with Gasteiger partial charge in [0, 0.05) is 18.8 Å². The van der Waals surface area contributed by atoms with E-state index >= 15 is 0 Å². The molecule has 1 aromatic rings. The highest BCUT2D eigenvalue weighted by molar-refractivity contribution is 8.16. The molecule has 0 unspecified atom stereocenters. The molecule has 9 heteroatoms. The van der Waals surface area contributed by atoms with Crippen molar-refractivity contribution in [3.8, 4) is 0 Å². The van der Waals surface area contributed by atoms with Gasteiger partial charge in [0.25, 0.3) is 0 Å². The zero-order valence-corrected chi connectivity index (χ0v) is 23.3. The molecule has 0 aromatic heterocycles. The molecular formula is C29H35N3O5S. The quantitative estimate of drug-likeness (QED) is 0.348. The van der Waals surface area contributed by atoms with Crippen molar-refractivity contribution in [3.63, 3.8) is 0 Å². The molecule has 1 aromatic carbocycles. The van der Waals surface area contributed by atoms with Gasteiger partial charge in [-0.15, -0.1) is 0 Å². The molecular weight excluding hydrogens is 502 g/mol. The van der Waals surface area contributed by atoms with Crippen molar-refractivity contribution in [2.45, 2.75) is 53.0 Å². The second-order valence-corrected chi connectivity index (χ2v) is 10.6. The molecule has 1 amide bonds. The smallest absolute Gasteiger partial charge is 0.338 e. The summed E-state index contributed by atoms with van der Waals surface area (Å²) in [6.45, 7) is 12.7. The van der Waals surface area contributed by atoms with Crippen molar-refractivity contribution in [3.05, 3.63) is 69.9 Å². The van der Waals surface area contributed by atoms with E-state index in [9.17, 15) is 14.4 Å². The average Bonchev–Trinajstić information content (AvgIpc) is 3.28. The van der Waals surface area contributed by atoms with Crippen LogP contribution in [0.2, 0.25) is 0 Å². The van der Waals surface area contributed by atoms with Gasteiger partial charge in [0.15, 0.2) is 5.17 Å². The molecule has 202 valence electrons. The third kappa shape index (κ3) is 5.72. The Bertz CT molecular complexity index is 1230. The van der Waals surface area contributed by atoms with E-state index in [1.54, 1.807) is 11.8 Å². The SMILES string of the molecule is C=CCOC(=O)C1=C(C)N=C2SC=C(CC(=O)N3CCC[C@H](C(=O)OCC)C3)N2[C@H]1c1ccc(C)cc1C. The van der Waals surface area contributed by atoms with Crippen molar-refractivity contribution in [1.82, 2.24) is 9.80 Å². The second-order valence-electron chi connectivity index (χ2n) is 9.75. The maximum Gasteiger partial charge on any atom is 0.338 e. The summed E-state index contributed by atoms with van der Waals surface area (Å²) >= 11 is 1.44. The van der Waals surface area contributed by atoms with E-state index in [2.05, 4.69) is 12.6 Å². The third-order valence-corrected chi connectivity index (χ3v) is 7.89. The Balaban J connectivity index is 1.63. The molecule has 0 aliphatic carbocycles. The highest BCUT2D eigenvalue weighted by atomic mass is 32.2. The highest BCUT2D eigenvalue weighted by Gasteiger charge is 2.42. The predicted molar refractivity (Wildman–Crippen MR) is 148 cm³/mol. The number of amidine groups is 1. The zero-order chi connectivity index (χ0) is 27.4. The van der Waals surface area contributed by atoms with Crippen LogP contribution in [0.25, 0.3) is 0 Å². The number of likely N-dealkylation sites (tertiary alicyclic amines) is 1. The number of benzene rings is 1. The van der Waals surface area contributed by atoms with Gasteiger partial charge in [-0.05, 0) is 57.1 Å². The first kappa shape index (κ1) is 27.7. The van der Waals surface area contributed by atoms with Crippen molar-refractivity contribution in [2.75, 3.05) is 26.3 Å². The van der Waals surface area contributed by atoms with Gasteiger partial charge in [0.2, 0.25) is 5.91 Å². The molecule has 2 atom stereocenters.